The smallest absolute Gasteiger partial charge is 0.341 e. The molecule has 1 saturated heterocycles. The average molecular weight is 486 g/mol. The first-order valence-corrected chi connectivity index (χ1v) is 12.1. The lowest BCUT2D eigenvalue weighted by Gasteiger charge is -2.30. The number of carbonyl (C=O) groups excluding carboxylic acids is 1. The molecule has 5 rings (SSSR count). The molecular weight excluding hydrogens is 462 g/mol. The summed E-state index contributed by atoms with van der Waals surface area (Å²) >= 11 is 6.88. The van der Waals surface area contributed by atoms with Gasteiger partial charge in [0.2, 0.25) is 0 Å². The monoisotopic (exact) mass is 485 g/mol. The number of nitrogens with zero attached hydrogens (tertiary/aromatic N) is 1. The fourth-order valence-corrected chi connectivity index (χ4v) is 6.44. The SMILES string of the molecule is COc1ccc(-c2ccc(/C=C3\SC(=S)N(C4CC5CCC4C5)C3=O)o2)cc1OCC(=O)O. The van der Waals surface area contributed by atoms with Crippen LogP contribution in [0.1, 0.15) is 31.4 Å². The first-order valence-electron chi connectivity index (χ1n) is 10.8. The van der Waals surface area contributed by atoms with E-state index in [9.17, 15) is 9.59 Å². The van der Waals surface area contributed by atoms with Crippen molar-refractivity contribution in [2.45, 2.75) is 31.7 Å². The highest BCUT2D eigenvalue weighted by molar-refractivity contribution is 8.26. The molecule has 7 nitrogen and oxygen atoms in total. The van der Waals surface area contributed by atoms with Crippen molar-refractivity contribution < 1.29 is 28.6 Å². The number of amides is 1. The van der Waals surface area contributed by atoms with Crippen molar-refractivity contribution in [1.29, 1.82) is 0 Å². The largest absolute Gasteiger partial charge is 0.493 e. The number of thiocarbonyl (C=S) groups is 1. The topological polar surface area (TPSA) is 89.2 Å². The number of benzene rings is 1. The van der Waals surface area contributed by atoms with Crippen LogP contribution >= 0.6 is 24.0 Å². The predicted octanol–water partition coefficient (Wildman–Crippen LogP) is 4.81. The molecule has 2 saturated carbocycles. The minimum Gasteiger partial charge on any atom is -0.493 e. The van der Waals surface area contributed by atoms with E-state index in [1.165, 1.54) is 38.1 Å². The Morgan fingerprint density at radius 3 is 2.82 bits per heavy atom. The van der Waals surface area contributed by atoms with E-state index in [-0.39, 0.29) is 11.9 Å². The number of carboxylic acid groups (broad SMARTS) is 1. The van der Waals surface area contributed by atoms with Crippen LogP contribution in [0.5, 0.6) is 11.5 Å². The molecule has 1 amide bonds. The molecule has 0 radical (unpaired) electrons. The van der Waals surface area contributed by atoms with E-state index in [4.69, 9.17) is 31.2 Å². The second kappa shape index (κ2) is 8.87. The predicted molar refractivity (Wildman–Crippen MR) is 128 cm³/mol. The van der Waals surface area contributed by atoms with Gasteiger partial charge in [0.25, 0.3) is 5.91 Å². The second-order valence-corrected chi connectivity index (χ2v) is 10.2. The molecule has 33 heavy (non-hydrogen) atoms. The molecule has 3 atom stereocenters. The molecule has 0 spiro atoms. The summed E-state index contributed by atoms with van der Waals surface area (Å²) < 4.78 is 17.2. The van der Waals surface area contributed by atoms with Crippen molar-refractivity contribution in [3.8, 4) is 22.8 Å². The van der Waals surface area contributed by atoms with Gasteiger partial charge < -0.3 is 19.0 Å². The van der Waals surface area contributed by atoms with E-state index >= 15 is 0 Å². The lowest BCUT2D eigenvalue weighted by molar-refractivity contribution is -0.139. The van der Waals surface area contributed by atoms with Crippen LogP contribution in [0.2, 0.25) is 0 Å². The quantitative estimate of drug-likeness (QED) is 0.442. The summed E-state index contributed by atoms with van der Waals surface area (Å²) in [6, 6.07) is 8.97. The molecule has 3 aliphatic rings. The highest BCUT2D eigenvalue weighted by Crippen LogP contribution is 2.49. The summed E-state index contributed by atoms with van der Waals surface area (Å²) in [5.41, 5.74) is 0.699. The molecule has 3 unspecified atom stereocenters. The first kappa shape index (κ1) is 22.0. The van der Waals surface area contributed by atoms with Crippen molar-refractivity contribution in [3.05, 3.63) is 41.0 Å². The summed E-state index contributed by atoms with van der Waals surface area (Å²) in [6.07, 6.45) is 6.46. The number of fused-ring (bicyclic) bond motifs is 2. The minimum absolute atomic E-state index is 0.0331. The van der Waals surface area contributed by atoms with Gasteiger partial charge in [-0.15, -0.1) is 0 Å². The van der Waals surface area contributed by atoms with Crippen molar-refractivity contribution in [3.63, 3.8) is 0 Å². The standard InChI is InChI=1S/C24H23NO6S2/c1-29-19-6-4-15(10-20(19)30-12-22(26)27)18-7-5-16(31-18)11-21-23(28)25(24(32)33-21)17-9-13-2-3-14(17)8-13/h4-7,10-11,13-14,17H,2-3,8-9,12H2,1H3,(H,26,27)/b21-11-. The summed E-state index contributed by atoms with van der Waals surface area (Å²) in [6.45, 7) is -0.479. The second-order valence-electron chi connectivity index (χ2n) is 8.54. The maximum absolute atomic E-state index is 13.1. The maximum atomic E-state index is 13.1. The molecule has 1 N–H and O–H groups in total. The van der Waals surface area contributed by atoms with Crippen LogP contribution in [0.4, 0.5) is 0 Å². The third-order valence-electron chi connectivity index (χ3n) is 6.56. The summed E-state index contributed by atoms with van der Waals surface area (Å²) in [4.78, 5) is 26.4. The summed E-state index contributed by atoms with van der Waals surface area (Å²) in [7, 11) is 1.49. The molecule has 2 bridgehead atoms. The van der Waals surface area contributed by atoms with Crippen molar-refractivity contribution in [2.24, 2.45) is 11.8 Å². The third kappa shape index (κ3) is 4.27. The number of methoxy groups -OCH3 is 1. The molecule has 3 fully saturated rings. The van der Waals surface area contributed by atoms with E-state index < -0.39 is 12.6 Å². The Morgan fingerprint density at radius 2 is 2.12 bits per heavy atom. The third-order valence-corrected chi connectivity index (χ3v) is 7.89. The molecule has 172 valence electrons. The number of ether oxygens (including phenoxy) is 2. The Balaban J connectivity index is 1.35. The lowest BCUT2D eigenvalue weighted by Crippen LogP contribution is -2.41. The van der Waals surface area contributed by atoms with Crippen LogP contribution < -0.4 is 9.47 Å². The zero-order chi connectivity index (χ0) is 23.1. The van der Waals surface area contributed by atoms with Crippen LogP contribution in [0.3, 0.4) is 0 Å². The molecule has 9 heteroatoms. The highest BCUT2D eigenvalue weighted by atomic mass is 32.2. The molecule has 1 aromatic heterocycles. The zero-order valence-corrected chi connectivity index (χ0v) is 19.6. The van der Waals surface area contributed by atoms with Crippen molar-refractivity contribution in [2.75, 3.05) is 13.7 Å². The first-order chi connectivity index (χ1) is 15.9. The number of furan rings is 1. The van der Waals surface area contributed by atoms with Crippen LogP contribution in [-0.2, 0) is 9.59 Å². The Labute approximate surface area is 200 Å². The maximum Gasteiger partial charge on any atom is 0.341 e. The van der Waals surface area contributed by atoms with Crippen molar-refractivity contribution >= 4 is 46.3 Å². The van der Waals surface area contributed by atoms with Gasteiger partial charge in [-0.05, 0) is 61.4 Å². The highest BCUT2D eigenvalue weighted by Gasteiger charge is 2.48. The number of thioether (sulfide) groups is 1. The van der Waals surface area contributed by atoms with Gasteiger partial charge in [-0.25, -0.2) is 4.79 Å². The van der Waals surface area contributed by atoms with Crippen LogP contribution in [-0.4, -0.2) is 46.0 Å². The molecule has 2 heterocycles. The van der Waals surface area contributed by atoms with Crippen molar-refractivity contribution in [1.82, 2.24) is 4.90 Å². The zero-order valence-electron chi connectivity index (χ0n) is 18.0. The van der Waals surface area contributed by atoms with Gasteiger partial charge in [0, 0.05) is 17.7 Å². The molecule has 1 aromatic carbocycles. The van der Waals surface area contributed by atoms with Crippen LogP contribution in [0, 0.1) is 11.8 Å². The Hall–Kier alpha value is -2.78. The minimum atomic E-state index is -1.08. The molecule has 2 aliphatic carbocycles. The van der Waals surface area contributed by atoms with Gasteiger partial charge in [0.1, 0.15) is 15.8 Å². The number of aliphatic carboxylic acids is 1. The number of hydrogen-bond acceptors (Lipinski definition) is 7. The Morgan fingerprint density at radius 1 is 1.27 bits per heavy atom. The van der Waals surface area contributed by atoms with Gasteiger partial charge >= 0.3 is 5.97 Å². The number of carboxylic acids is 1. The Bertz CT molecular complexity index is 1160. The van der Waals surface area contributed by atoms with E-state index in [0.717, 1.165) is 12.3 Å². The molecule has 2 aromatic rings. The summed E-state index contributed by atoms with van der Waals surface area (Å²) in [5, 5.41) is 8.89. The number of hydrogen-bond donors (Lipinski definition) is 1. The van der Waals surface area contributed by atoms with Gasteiger partial charge in [-0.2, -0.15) is 0 Å². The van der Waals surface area contributed by atoms with Gasteiger partial charge in [-0.1, -0.05) is 30.4 Å². The van der Waals surface area contributed by atoms with Gasteiger partial charge in [0.15, 0.2) is 18.1 Å². The van der Waals surface area contributed by atoms with Crippen LogP contribution in [0.25, 0.3) is 17.4 Å². The molecular formula is C24H23NO6S2. The average Bonchev–Trinajstić information content (AvgIpc) is 3.58. The lowest BCUT2D eigenvalue weighted by atomic mass is 9.94. The number of rotatable bonds is 7. The molecule has 1 aliphatic heterocycles. The van der Waals surface area contributed by atoms with E-state index in [1.807, 2.05) is 4.90 Å². The normalized spacial score (nSPS) is 25.3. The van der Waals surface area contributed by atoms with E-state index in [2.05, 4.69) is 0 Å². The summed E-state index contributed by atoms with van der Waals surface area (Å²) in [5.74, 6) is 2.03. The fraction of sp³-hybridized carbons (Fsp3) is 0.375. The van der Waals surface area contributed by atoms with E-state index in [0.29, 0.717) is 43.7 Å². The van der Waals surface area contributed by atoms with Gasteiger partial charge in [0.05, 0.1) is 12.0 Å². The van der Waals surface area contributed by atoms with E-state index in [1.54, 1.807) is 36.4 Å². The van der Waals surface area contributed by atoms with Gasteiger partial charge in [-0.3, -0.25) is 9.69 Å². The number of carbonyl (C=O) groups is 2. The fourth-order valence-electron chi connectivity index (χ4n) is 5.09. The van der Waals surface area contributed by atoms with Crippen LogP contribution in [0.15, 0.2) is 39.7 Å². The Kier molecular flexibility index (Phi) is 5.92.